The third-order valence-corrected chi connectivity index (χ3v) is 4.21. The molecule has 0 aromatic heterocycles. The van der Waals surface area contributed by atoms with Gasteiger partial charge < -0.3 is 5.73 Å². The standard InChI is InChI=1S/C15H14N2OS/c1-11-5-6-14(17)15(7-11)19(18)10-13-4-2-3-12(8-13)9-16/h2-8H,10,17H2,1H3. The van der Waals surface area contributed by atoms with Gasteiger partial charge in [-0.2, -0.15) is 5.26 Å². The van der Waals surface area contributed by atoms with Crippen LogP contribution in [0, 0.1) is 18.3 Å². The van der Waals surface area contributed by atoms with Gasteiger partial charge in [0.05, 0.1) is 33.1 Å². The summed E-state index contributed by atoms with van der Waals surface area (Å²) >= 11 is 0. The minimum absolute atomic E-state index is 0.364. The summed E-state index contributed by atoms with van der Waals surface area (Å²) in [6, 6.07) is 14.7. The molecule has 0 bridgehead atoms. The van der Waals surface area contributed by atoms with Crippen molar-refractivity contribution in [1.29, 1.82) is 5.26 Å². The second-order valence-electron chi connectivity index (χ2n) is 4.34. The van der Waals surface area contributed by atoms with Gasteiger partial charge in [0.15, 0.2) is 0 Å². The monoisotopic (exact) mass is 270 g/mol. The zero-order valence-electron chi connectivity index (χ0n) is 10.6. The van der Waals surface area contributed by atoms with Gasteiger partial charge in [-0.05, 0) is 42.3 Å². The summed E-state index contributed by atoms with van der Waals surface area (Å²) in [5.74, 6) is 0.364. The predicted octanol–water partition coefficient (Wildman–Crippen LogP) is 2.76. The first-order valence-corrected chi connectivity index (χ1v) is 7.15. The Bertz CT molecular complexity index is 674. The number of nitrogen functional groups attached to an aromatic ring is 1. The van der Waals surface area contributed by atoms with Gasteiger partial charge in [-0.15, -0.1) is 0 Å². The van der Waals surface area contributed by atoms with Crippen LogP contribution in [-0.4, -0.2) is 4.21 Å². The van der Waals surface area contributed by atoms with Gasteiger partial charge in [0.25, 0.3) is 0 Å². The highest BCUT2D eigenvalue weighted by Crippen LogP contribution is 2.21. The van der Waals surface area contributed by atoms with Gasteiger partial charge in [0, 0.05) is 5.69 Å². The molecule has 0 heterocycles. The summed E-state index contributed by atoms with van der Waals surface area (Å²) in [6.45, 7) is 1.94. The maximum atomic E-state index is 12.3. The minimum Gasteiger partial charge on any atom is -0.398 e. The van der Waals surface area contributed by atoms with E-state index in [0.717, 1.165) is 11.1 Å². The number of benzene rings is 2. The molecule has 0 amide bonds. The van der Waals surface area contributed by atoms with Crippen molar-refractivity contribution in [2.24, 2.45) is 0 Å². The topological polar surface area (TPSA) is 66.9 Å². The Morgan fingerprint density at radius 1 is 1.26 bits per heavy atom. The number of anilines is 1. The molecule has 2 aromatic carbocycles. The van der Waals surface area contributed by atoms with E-state index in [4.69, 9.17) is 11.0 Å². The van der Waals surface area contributed by atoms with Crippen molar-refractivity contribution in [1.82, 2.24) is 0 Å². The highest BCUT2D eigenvalue weighted by Gasteiger charge is 2.09. The van der Waals surface area contributed by atoms with Crippen molar-refractivity contribution in [3.8, 4) is 6.07 Å². The molecule has 0 aliphatic rings. The van der Waals surface area contributed by atoms with Gasteiger partial charge >= 0.3 is 0 Å². The van der Waals surface area contributed by atoms with Crippen LogP contribution in [-0.2, 0) is 16.6 Å². The van der Waals surface area contributed by atoms with Gasteiger partial charge in [-0.1, -0.05) is 18.2 Å². The molecule has 0 saturated heterocycles. The second kappa shape index (κ2) is 5.68. The van der Waals surface area contributed by atoms with Crippen LogP contribution in [0.15, 0.2) is 47.4 Å². The second-order valence-corrected chi connectivity index (χ2v) is 5.76. The Labute approximate surface area is 115 Å². The molecule has 19 heavy (non-hydrogen) atoms. The molecule has 0 saturated carbocycles. The third kappa shape index (κ3) is 3.21. The van der Waals surface area contributed by atoms with Crippen LogP contribution in [0.25, 0.3) is 0 Å². The highest BCUT2D eigenvalue weighted by atomic mass is 32.2. The molecule has 0 aliphatic heterocycles. The van der Waals surface area contributed by atoms with E-state index in [-0.39, 0.29) is 0 Å². The van der Waals surface area contributed by atoms with Crippen LogP contribution in [0.1, 0.15) is 16.7 Å². The fourth-order valence-electron chi connectivity index (χ4n) is 1.80. The third-order valence-electron chi connectivity index (χ3n) is 2.77. The van der Waals surface area contributed by atoms with E-state index in [0.29, 0.717) is 21.9 Å². The molecule has 1 unspecified atom stereocenters. The summed E-state index contributed by atoms with van der Waals surface area (Å²) in [5, 5.41) is 8.85. The Kier molecular flexibility index (Phi) is 3.98. The first-order chi connectivity index (χ1) is 9.10. The van der Waals surface area contributed by atoms with E-state index in [1.165, 1.54) is 0 Å². The summed E-state index contributed by atoms with van der Waals surface area (Å²) in [6.07, 6.45) is 0. The Morgan fingerprint density at radius 2 is 2.05 bits per heavy atom. The lowest BCUT2D eigenvalue weighted by Gasteiger charge is -2.07. The molecular formula is C15H14N2OS. The Morgan fingerprint density at radius 3 is 2.79 bits per heavy atom. The van der Waals surface area contributed by atoms with E-state index < -0.39 is 10.8 Å². The summed E-state index contributed by atoms with van der Waals surface area (Å²) in [4.78, 5) is 0.655. The molecule has 0 radical (unpaired) electrons. The van der Waals surface area contributed by atoms with Crippen molar-refractivity contribution in [2.45, 2.75) is 17.6 Å². The van der Waals surface area contributed by atoms with Crippen molar-refractivity contribution in [2.75, 3.05) is 5.73 Å². The number of rotatable bonds is 3. The molecule has 0 fully saturated rings. The lowest BCUT2D eigenvalue weighted by Crippen LogP contribution is -2.01. The SMILES string of the molecule is Cc1ccc(N)c(S(=O)Cc2cccc(C#N)c2)c1. The minimum atomic E-state index is -1.20. The maximum absolute atomic E-state index is 12.3. The molecule has 3 nitrogen and oxygen atoms in total. The number of nitrogens with two attached hydrogens (primary N) is 1. The molecular weight excluding hydrogens is 256 g/mol. The van der Waals surface area contributed by atoms with E-state index >= 15 is 0 Å². The van der Waals surface area contributed by atoms with Crippen molar-refractivity contribution in [3.63, 3.8) is 0 Å². The molecule has 1 atom stereocenters. The quantitative estimate of drug-likeness (QED) is 0.872. The fourth-order valence-corrected chi connectivity index (χ4v) is 3.08. The Balaban J connectivity index is 2.26. The zero-order valence-corrected chi connectivity index (χ0v) is 11.4. The van der Waals surface area contributed by atoms with Gasteiger partial charge in [-0.25, -0.2) is 0 Å². The highest BCUT2D eigenvalue weighted by molar-refractivity contribution is 7.84. The lowest BCUT2D eigenvalue weighted by atomic mass is 10.2. The maximum Gasteiger partial charge on any atom is 0.0991 e. The lowest BCUT2D eigenvalue weighted by molar-refractivity contribution is 0.683. The first kappa shape index (κ1) is 13.3. The number of hydrogen-bond donors (Lipinski definition) is 1. The van der Waals surface area contributed by atoms with Crippen molar-refractivity contribution < 1.29 is 4.21 Å². The van der Waals surface area contributed by atoms with E-state index in [9.17, 15) is 4.21 Å². The van der Waals surface area contributed by atoms with Crippen molar-refractivity contribution >= 4 is 16.5 Å². The van der Waals surface area contributed by atoms with E-state index in [1.807, 2.05) is 25.1 Å². The molecule has 2 aromatic rings. The number of aryl methyl sites for hydroxylation is 1. The van der Waals surface area contributed by atoms with E-state index in [2.05, 4.69) is 6.07 Å². The van der Waals surface area contributed by atoms with Crippen LogP contribution in [0.4, 0.5) is 5.69 Å². The molecule has 0 spiro atoms. The van der Waals surface area contributed by atoms with Crippen LogP contribution >= 0.6 is 0 Å². The predicted molar refractivity (Wildman–Crippen MR) is 76.9 cm³/mol. The normalized spacial score (nSPS) is 11.8. The average molecular weight is 270 g/mol. The van der Waals surface area contributed by atoms with E-state index in [1.54, 1.807) is 24.3 Å². The molecule has 4 heteroatoms. The smallest absolute Gasteiger partial charge is 0.0991 e. The van der Waals surface area contributed by atoms with Crippen LogP contribution in [0.2, 0.25) is 0 Å². The molecule has 0 aliphatic carbocycles. The fraction of sp³-hybridized carbons (Fsp3) is 0.133. The van der Waals surface area contributed by atoms with Gasteiger partial charge in [0.1, 0.15) is 0 Å². The van der Waals surface area contributed by atoms with Crippen LogP contribution in [0.3, 0.4) is 0 Å². The summed E-state index contributed by atoms with van der Waals surface area (Å²) in [5.41, 5.74) is 8.88. The average Bonchev–Trinajstić information content (AvgIpc) is 2.41. The van der Waals surface area contributed by atoms with Crippen molar-refractivity contribution in [3.05, 3.63) is 59.2 Å². The van der Waals surface area contributed by atoms with Gasteiger partial charge in [0.2, 0.25) is 0 Å². The summed E-state index contributed by atoms with van der Waals surface area (Å²) in [7, 11) is -1.20. The zero-order chi connectivity index (χ0) is 13.8. The molecule has 2 rings (SSSR count). The number of nitriles is 1. The van der Waals surface area contributed by atoms with Gasteiger partial charge in [-0.3, -0.25) is 4.21 Å². The largest absolute Gasteiger partial charge is 0.398 e. The van der Waals surface area contributed by atoms with Crippen LogP contribution in [0.5, 0.6) is 0 Å². The molecule has 2 N–H and O–H groups in total. The Hall–Kier alpha value is -2.12. The first-order valence-electron chi connectivity index (χ1n) is 5.83. The number of nitrogens with zero attached hydrogens (tertiary/aromatic N) is 1. The van der Waals surface area contributed by atoms with Crippen LogP contribution < -0.4 is 5.73 Å². The molecule has 96 valence electrons. The summed E-state index contributed by atoms with van der Waals surface area (Å²) < 4.78 is 12.3. The number of hydrogen-bond acceptors (Lipinski definition) is 3.